The number of carbonyl (C=O) groups excluding carboxylic acids is 1. The Labute approximate surface area is 267 Å². The van der Waals surface area contributed by atoms with Crippen LogP contribution in [0.4, 0.5) is 0 Å². The van der Waals surface area contributed by atoms with Crippen molar-refractivity contribution >= 4 is 13.7 Å². The van der Waals surface area contributed by atoms with E-state index in [1.54, 1.807) is 6.08 Å². The summed E-state index contributed by atoms with van der Waals surface area (Å²) in [6.45, 7) is 3.51. The van der Waals surface area contributed by atoms with Gasteiger partial charge in [-0.05, 0) is 38.5 Å². The predicted molar refractivity (Wildman–Crippen MR) is 169 cm³/mol. The van der Waals surface area contributed by atoms with Crippen LogP contribution in [-0.2, 0) is 18.4 Å². The first-order valence-corrected chi connectivity index (χ1v) is 17.9. The van der Waals surface area contributed by atoms with Gasteiger partial charge in [0.1, 0.15) is 36.6 Å². The molecule has 0 saturated heterocycles. The van der Waals surface area contributed by atoms with Crippen LogP contribution in [0, 0.1) is 0 Å². The van der Waals surface area contributed by atoms with Gasteiger partial charge >= 0.3 is 7.82 Å². The number of hydrogen-bond acceptors (Lipinski definition) is 11. The predicted octanol–water partition coefficient (Wildman–Crippen LogP) is 2.13. The highest BCUT2D eigenvalue weighted by atomic mass is 31.2. The smallest absolute Gasteiger partial charge is 0.393 e. The first-order chi connectivity index (χ1) is 21.3. The number of aliphatic hydroxyl groups excluding tert-OH is 7. The van der Waals surface area contributed by atoms with Gasteiger partial charge in [-0.3, -0.25) is 13.8 Å². The van der Waals surface area contributed by atoms with Crippen LogP contribution >= 0.6 is 7.82 Å². The summed E-state index contributed by atoms with van der Waals surface area (Å²) in [5.74, 6) is -0.616. The molecule has 1 aliphatic rings. The van der Waals surface area contributed by atoms with Crippen molar-refractivity contribution in [1.82, 2.24) is 5.32 Å². The number of phosphoric ester groups is 1. The molecule has 45 heavy (non-hydrogen) atoms. The monoisotopic (exact) mass is 667 g/mol. The lowest BCUT2D eigenvalue weighted by Gasteiger charge is -2.41. The zero-order valence-electron chi connectivity index (χ0n) is 26.8. The van der Waals surface area contributed by atoms with Gasteiger partial charge in [-0.2, -0.15) is 0 Å². The molecule has 1 aliphatic carbocycles. The van der Waals surface area contributed by atoms with Gasteiger partial charge in [0.25, 0.3) is 0 Å². The molecular weight excluding hydrogens is 609 g/mol. The van der Waals surface area contributed by atoms with Gasteiger partial charge in [0.2, 0.25) is 5.91 Å². The van der Waals surface area contributed by atoms with E-state index in [0.29, 0.717) is 19.3 Å². The minimum absolute atomic E-state index is 0.261. The topological polar surface area (TPSA) is 226 Å². The molecule has 0 spiro atoms. The zero-order valence-corrected chi connectivity index (χ0v) is 27.7. The van der Waals surface area contributed by atoms with E-state index in [-0.39, 0.29) is 6.42 Å². The van der Waals surface area contributed by atoms with Gasteiger partial charge in [0, 0.05) is 0 Å². The summed E-state index contributed by atoms with van der Waals surface area (Å²) in [4.78, 5) is 23.0. The van der Waals surface area contributed by atoms with Crippen LogP contribution in [-0.4, -0.2) is 108 Å². The average Bonchev–Trinajstić information content (AvgIpc) is 3.00. The molecule has 0 aromatic heterocycles. The second-order valence-corrected chi connectivity index (χ2v) is 13.2. The van der Waals surface area contributed by atoms with E-state index in [9.17, 15) is 50.0 Å². The summed E-state index contributed by atoms with van der Waals surface area (Å²) in [7, 11) is -5.12. The van der Waals surface area contributed by atoms with Crippen molar-refractivity contribution in [3.63, 3.8) is 0 Å². The molecule has 8 unspecified atom stereocenters. The van der Waals surface area contributed by atoms with Crippen molar-refractivity contribution in [3.05, 3.63) is 24.3 Å². The quantitative estimate of drug-likeness (QED) is 0.0410. The molecule has 8 atom stereocenters. The van der Waals surface area contributed by atoms with Crippen molar-refractivity contribution in [2.75, 3.05) is 6.61 Å². The van der Waals surface area contributed by atoms with Gasteiger partial charge < -0.3 is 46.0 Å². The van der Waals surface area contributed by atoms with Crippen molar-refractivity contribution in [3.8, 4) is 0 Å². The van der Waals surface area contributed by atoms with Crippen LogP contribution in [0.25, 0.3) is 0 Å². The molecule has 13 nitrogen and oxygen atoms in total. The summed E-state index contributed by atoms with van der Waals surface area (Å²) < 4.78 is 22.5. The maximum atomic E-state index is 12.7. The molecule has 0 aliphatic heterocycles. The Hall–Kier alpha value is -1.22. The van der Waals surface area contributed by atoms with Gasteiger partial charge in [0.05, 0.1) is 31.3 Å². The third-order valence-electron chi connectivity index (χ3n) is 7.78. The number of phosphoric acid groups is 1. The van der Waals surface area contributed by atoms with E-state index in [4.69, 9.17) is 9.05 Å². The van der Waals surface area contributed by atoms with Crippen molar-refractivity contribution in [1.29, 1.82) is 0 Å². The zero-order chi connectivity index (χ0) is 33.8. The molecule has 1 fully saturated rings. The molecule has 264 valence electrons. The van der Waals surface area contributed by atoms with Crippen LogP contribution in [0.3, 0.4) is 0 Å². The fourth-order valence-corrected chi connectivity index (χ4v) is 5.89. The van der Waals surface area contributed by atoms with Crippen LogP contribution < -0.4 is 5.32 Å². The van der Waals surface area contributed by atoms with Crippen LogP contribution in [0.5, 0.6) is 0 Å². The Morgan fingerprint density at radius 2 is 1.31 bits per heavy atom. The Balaban J connectivity index is 2.76. The molecule has 1 amide bonds. The number of carbonyl (C=O) groups is 1. The highest BCUT2D eigenvalue weighted by Gasteiger charge is 2.51. The van der Waals surface area contributed by atoms with Gasteiger partial charge in [0.15, 0.2) is 0 Å². The summed E-state index contributed by atoms with van der Waals surface area (Å²) in [6, 6.07) is -1.24. The second-order valence-electron chi connectivity index (χ2n) is 11.8. The molecule has 0 heterocycles. The summed E-state index contributed by atoms with van der Waals surface area (Å²) in [6.07, 6.45) is 5.07. The lowest BCUT2D eigenvalue weighted by molar-refractivity contribution is -0.220. The first-order valence-electron chi connectivity index (χ1n) is 16.4. The van der Waals surface area contributed by atoms with Crippen molar-refractivity contribution < 1.29 is 59.0 Å². The van der Waals surface area contributed by atoms with Crippen molar-refractivity contribution in [2.24, 2.45) is 0 Å². The Kier molecular flexibility index (Phi) is 21.5. The fraction of sp³-hybridized carbons (Fsp3) is 0.839. The number of rotatable bonds is 24. The van der Waals surface area contributed by atoms with Gasteiger partial charge in [-0.15, -0.1) is 0 Å². The fourth-order valence-electron chi connectivity index (χ4n) is 4.92. The Morgan fingerprint density at radius 1 is 0.778 bits per heavy atom. The van der Waals surface area contributed by atoms with E-state index >= 15 is 0 Å². The molecule has 14 heteroatoms. The summed E-state index contributed by atoms with van der Waals surface area (Å²) >= 11 is 0. The SMILES string of the molecule is CCCC/C=C\CCCCC(O)CC(=O)NC(COP(=O)(O)OC1C(O)C(O)C(O)C(O)C1O)C(O)/C=C/CCCCCCC. The molecule has 0 aromatic carbocycles. The number of unbranched alkanes of at least 4 members (excludes halogenated alkanes) is 9. The highest BCUT2D eigenvalue weighted by molar-refractivity contribution is 7.47. The molecular formula is C31H58NO12P. The number of amides is 1. The highest BCUT2D eigenvalue weighted by Crippen LogP contribution is 2.47. The molecule has 0 bridgehead atoms. The van der Waals surface area contributed by atoms with E-state index < -0.39 is 75.2 Å². The summed E-state index contributed by atoms with van der Waals surface area (Å²) in [5.41, 5.74) is 0. The van der Waals surface area contributed by atoms with E-state index in [2.05, 4.69) is 31.3 Å². The number of allylic oxidation sites excluding steroid dienone is 3. The summed E-state index contributed by atoms with van der Waals surface area (Å²) in [5, 5.41) is 73.4. The number of hydrogen-bond donors (Lipinski definition) is 9. The largest absolute Gasteiger partial charge is 0.472 e. The molecule has 9 N–H and O–H groups in total. The van der Waals surface area contributed by atoms with E-state index in [1.807, 2.05) is 0 Å². The van der Waals surface area contributed by atoms with Gasteiger partial charge in [-0.25, -0.2) is 4.57 Å². The Bertz CT molecular complexity index is 890. The maximum Gasteiger partial charge on any atom is 0.472 e. The molecule has 0 radical (unpaired) electrons. The third kappa shape index (κ3) is 17.0. The molecule has 0 aromatic rings. The van der Waals surface area contributed by atoms with Gasteiger partial charge in [-0.1, -0.05) is 83.1 Å². The van der Waals surface area contributed by atoms with Crippen LogP contribution in [0.15, 0.2) is 24.3 Å². The second kappa shape index (κ2) is 23.2. The van der Waals surface area contributed by atoms with Crippen LogP contribution in [0.1, 0.15) is 104 Å². The Morgan fingerprint density at radius 3 is 1.93 bits per heavy atom. The molecule has 1 saturated carbocycles. The van der Waals surface area contributed by atoms with Crippen LogP contribution in [0.2, 0.25) is 0 Å². The first kappa shape index (κ1) is 41.8. The third-order valence-corrected chi connectivity index (χ3v) is 8.77. The lowest BCUT2D eigenvalue weighted by atomic mass is 9.85. The lowest BCUT2D eigenvalue weighted by Crippen LogP contribution is -2.64. The minimum atomic E-state index is -5.12. The standard InChI is InChI=1S/C31H58NO12P/c1-3-5-7-9-11-13-14-16-18-22(33)20-25(35)32-23(24(34)19-17-15-12-10-8-6-4-2)21-43-45(41,42)44-31-29(39)27(37)26(36)28(38)30(31)40/h9,11,17,19,22-24,26-31,33-34,36-40H,3-8,10,12-16,18,20-21H2,1-2H3,(H,32,35)(H,41,42)/b11-9-,19-17+. The maximum absolute atomic E-state index is 12.7. The van der Waals surface area contributed by atoms with E-state index in [0.717, 1.165) is 64.2 Å². The molecule has 1 rings (SSSR count). The van der Waals surface area contributed by atoms with Crippen molar-refractivity contribution in [2.45, 2.75) is 159 Å². The normalized spacial score (nSPS) is 27.4. The van der Waals surface area contributed by atoms with E-state index in [1.165, 1.54) is 6.08 Å². The average molecular weight is 668 g/mol. The number of aliphatic hydroxyl groups is 7. The minimum Gasteiger partial charge on any atom is -0.393 e. The number of nitrogens with one attached hydrogen (secondary N) is 1.